The van der Waals surface area contributed by atoms with Gasteiger partial charge in [-0.3, -0.25) is 0 Å². The monoisotopic (exact) mass is 401 g/mol. The number of hydrogen-bond acceptors (Lipinski definition) is 7. The maximum Gasteiger partial charge on any atom is 0.222 e. The summed E-state index contributed by atoms with van der Waals surface area (Å²) < 4.78 is 10.9. The van der Waals surface area contributed by atoms with E-state index in [4.69, 9.17) is 20.6 Å². The van der Waals surface area contributed by atoms with Crippen LogP contribution in [0.3, 0.4) is 0 Å². The number of benzene rings is 2. The van der Waals surface area contributed by atoms with E-state index in [1.165, 1.54) is 0 Å². The Kier molecular flexibility index (Phi) is 5.91. The topological polar surface area (TPSA) is 112 Å². The van der Waals surface area contributed by atoms with E-state index >= 15 is 0 Å². The summed E-state index contributed by atoms with van der Waals surface area (Å²) in [6.07, 6.45) is 3.38. The molecule has 0 saturated carbocycles. The first-order valence-electron chi connectivity index (χ1n) is 9.58. The fourth-order valence-corrected chi connectivity index (χ4v) is 3.16. The second kappa shape index (κ2) is 9.11. The molecule has 0 aliphatic rings. The smallest absolute Gasteiger partial charge is 0.222 e. The Hall–Kier alpha value is -3.84. The number of furan rings is 1. The molecule has 5 N–H and O–H groups in total. The lowest BCUT2D eigenvalue weighted by Crippen LogP contribution is -2.08. The fraction of sp³-hybridized carbons (Fsp3) is 0.130. The average molecular weight is 401 g/mol. The van der Waals surface area contributed by atoms with Crippen molar-refractivity contribution in [1.29, 1.82) is 0 Å². The van der Waals surface area contributed by atoms with E-state index < -0.39 is 0 Å². The number of nitrogen functional groups attached to an aromatic ring is 2. The van der Waals surface area contributed by atoms with Crippen molar-refractivity contribution in [3.63, 3.8) is 0 Å². The van der Waals surface area contributed by atoms with Gasteiger partial charge in [0, 0.05) is 23.4 Å². The van der Waals surface area contributed by atoms with Crippen LogP contribution in [0.5, 0.6) is 0 Å². The normalized spacial score (nSPS) is 10.8. The predicted molar refractivity (Wildman–Crippen MR) is 117 cm³/mol. The first-order chi connectivity index (χ1) is 14.7. The number of nitrogens with two attached hydrogens (primary N) is 2. The van der Waals surface area contributed by atoms with Gasteiger partial charge in [-0.25, -0.2) is 4.98 Å². The largest absolute Gasteiger partial charge is 0.472 e. The van der Waals surface area contributed by atoms with Crippen LogP contribution >= 0.6 is 0 Å². The van der Waals surface area contributed by atoms with Crippen molar-refractivity contribution in [3.8, 4) is 11.1 Å². The van der Waals surface area contributed by atoms with Crippen molar-refractivity contribution >= 4 is 17.5 Å². The number of anilines is 3. The van der Waals surface area contributed by atoms with Gasteiger partial charge in [-0.05, 0) is 29.3 Å². The molecule has 0 unspecified atom stereocenters. The Balaban J connectivity index is 1.49. The maximum absolute atomic E-state index is 6.19. The molecule has 7 heteroatoms. The van der Waals surface area contributed by atoms with E-state index in [9.17, 15) is 0 Å². The van der Waals surface area contributed by atoms with Crippen LogP contribution in [-0.2, 0) is 24.5 Å². The highest BCUT2D eigenvalue weighted by Gasteiger charge is 2.14. The molecule has 0 radical (unpaired) electrons. The first kappa shape index (κ1) is 19.5. The highest BCUT2D eigenvalue weighted by atomic mass is 16.5. The standard InChI is InChI=1S/C23H23N5O2/c24-22-21(18-6-8-19(9-7-18)26-12-17-10-11-29-14-17)20(27-23(25)28-22)15-30-13-16-4-2-1-3-5-16/h1-11,14,26H,12-13,15H2,(H4,24,25,27,28). The summed E-state index contributed by atoms with van der Waals surface area (Å²) in [4.78, 5) is 8.50. The molecule has 0 aliphatic carbocycles. The molecule has 30 heavy (non-hydrogen) atoms. The lowest BCUT2D eigenvalue weighted by atomic mass is 10.0. The molecule has 0 aliphatic heterocycles. The second-order valence-corrected chi connectivity index (χ2v) is 6.83. The Morgan fingerprint density at radius 3 is 2.40 bits per heavy atom. The zero-order valence-corrected chi connectivity index (χ0v) is 16.4. The zero-order valence-electron chi connectivity index (χ0n) is 16.4. The van der Waals surface area contributed by atoms with Crippen molar-refractivity contribution in [2.45, 2.75) is 19.8 Å². The maximum atomic E-state index is 6.19. The van der Waals surface area contributed by atoms with Gasteiger partial charge in [0.25, 0.3) is 0 Å². The molecular weight excluding hydrogens is 378 g/mol. The minimum atomic E-state index is 0.132. The molecule has 2 aromatic heterocycles. The number of nitrogens with zero attached hydrogens (tertiary/aromatic N) is 2. The summed E-state index contributed by atoms with van der Waals surface area (Å²) in [5.41, 5.74) is 17.5. The van der Waals surface area contributed by atoms with Gasteiger partial charge >= 0.3 is 0 Å². The molecule has 0 fully saturated rings. The summed E-state index contributed by atoms with van der Waals surface area (Å²) in [5, 5.41) is 3.35. The highest BCUT2D eigenvalue weighted by Crippen LogP contribution is 2.30. The minimum Gasteiger partial charge on any atom is -0.472 e. The number of ether oxygens (including phenoxy) is 1. The number of aromatic nitrogens is 2. The second-order valence-electron chi connectivity index (χ2n) is 6.83. The van der Waals surface area contributed by atoms with Crippen LogP contribution in [0.4, 0.5) is 17.5 Å². The lowest BCUT2D eigenvalue weighted by molar-refractivity contribution is 0.105. The molecule has 4 rings (SSSR count). The van der Waals surface area contributed by atoms with E-state index in [1.807, 2.05) is 60.7 Å². The van der Waals surface area contributed by atoms with Crippen LogP contribution in [-0.4, -0.2) is 9.97 Å². The molecular formula is C23H23N5O2. The Morgan fingerprint density at radius 1 is 0.867 bits per heavy atom. The molecule has 0 spiro atoms. The van der Waals surface area contributed by atoms with Crippen LogP contribution < -0.4 is 16.8 Å². The Bertz CT molecular complexity index is 1080. The van der Waals surface area contributed by atoms with Gasteiger partial charge in [0.15, 0.2) is 0 Å². The molecule has 2 aromatic carbocycles. The van der Waals surface area contributed by atoms with Crippen LogP contribution in [0.25, 0.3) is 11.1 Å². The summed E-state index contributed by atoms with van der Waals surface area (Å²) in [7, 11) is 0. The lowest BCUT2D eigenvalue weighted by Gasteiger charge is -2.13. The van der Waals surface area contributed by atoms with E-state index in [0.29, 0.717) is 24.7 Å². The zero-order chi connectivity index (χ0) is 20.8. The van der Waals surface area contributed by atoms with Gasteiger partial charge in [-0.2, -0.15) is 4.98 Å². The number of hydrogen-bond donors (Lipinski definition) is 3. The molecule has 0 bridgehead atoms. The average Bonchev–Trinajstić information content (AvgIpc) is 3.27. The van der Waals surface area contributed by atoms with Gasteiger partial charge in [0.1, 0.15) is 5.82 Å². The summed E-state index contributed by atoms with van der Waals surface area (Å²) in [5.74, 6) is 0.466. The third kappa shape index (κ3) is 4.76. The van der Waals surface area contributed by atoms with Crippen LogP contribution in [0.1, 0.15) is 16.8 Å². The highest BCUT2D eigenvalue weighted by molar-refractivity contribution is 5.77. The van der Waals surface area contributed by atoms with E-state index in [0.717, 1.165) is 27.9 Å². The molecule has 0 amide bonds. The fourth-order valence-electron chi connectivity index (χ4n) is 3.16. The predicted octanol–water partition coefficient (Wildman–Crippen LogP) is 4.23. The summed E-state index contributed by atoms with van der Waals surface area (Å²) in [6, 6.07) is 19.8. The molecule has 152 valence electrons. The molecule has 7 nitrogen and oxygen atoms in total. The van der Waals surface area contributed by atoms with Crippen LogP contribution in [0.2, 0.25) is 0 Å². The van der Waals surface area contributed by atoms with Gasteiger partial charge in [-0.1, -0.05) is 42.5 Å². The van der Waals surface area contributed by atoms with Crippen molar-refractivity contribution in [2.24, 2.45) is 0 Å². The van der Waals surface area contributed by atoms with Crippen molar-refractivity contribution in [3.05, 3.63) is 90.0 Å². The molecule has 0 atom stereocenters. The number of rotatable bonds is 8. The number of nitrogens with one attached hydrogen (secondary N) is 1. The van der Waals surface area contributed by atoms with Crippen molar-refractivity contribution < 1.29 is 9.15 Å². The summed E-state index contributed by atoms with van der Waals surface area (Å²) in [6.45, 7) is 1.43. The third-order valence-corrected chi connectivity index (χ3v) is 4.63. The molecule has 4 aromatic rings. The van der Waals surface area contributed by atoms with Crippen molar-refractivity contribution in [1.82, 2.24) is 9.97 Å². The molecule has 0 saturated heterocycles. The van der Waals surface area contributed by atoms with Gasteiger partial charge in [0.05, 0.1) is 31.4 Å². The summed E-state index contributed by atoms with van der Waals surface area (Å²) >= 11 is 0. The SMILES string of the molecule is Nc1nc(N)c(-c2ccc(NCc3ccoc3)cc2)c(COCc2ccccc2)n1. The van der Waals surface area contributed by atoms with Crippen LogP contribution in [0, 0.1) is 0 Å². The van der Waals surface area contributed by atoms with Gasteiger partial charge in [-0.15, -0.1) is 0 Å². The Labute approximate surface area is 174 Å². The molecule has 2 heterocycles. The minimum absolute atomic E-state index is 0.132. The van der Waals surface area contributed by atoms with E-state index in [-0.39, 0.29) is 12.6 Å². The quantitative estimate of drug-likeness (QED) is 0.405. The van der Waals surface area contributed by atoms with Gasteiger partial charge in [0.2, 0.25) is 5.95 Å². The Morgan fingerprint density at radius 2 is 1.67 bits per heavy atom. The van der Waals surface area contributed by atoms with Crippen molar-refractivity contribution in [2.75, 3.05) is 16.8 Å². The van der Waals surface area contributed by atoms with E-state index in [1.54, 1.807) is 12.5 Å². The van der Waals surface area contributed by atoms with Crippen LogP contribution in [0.15, 0.2) is 77.6 Å². The van der Waals surface area contributed by atoms with E-state index in [2.05, 4.69) is 15.3 Å². The third-order valence-electron chi connectivity index (χ3n) is 4.63. The first-order valence-corrected chi connectivity index (χ1v) is 9.58. The van der Waals surface area contributed by atoms with Gasteiger partial charge < -0.3 is 25.9 Å².